The third-order valence-corrected chi connectivity index (χ3v) is 7.67. The predicted octanol–water partition coefficient (Wildman–Crippen LogP) is 4.87. The lowest BCUT2D eigenvalue weighted by Crippen LogP contribution is -2.48. The summed E-state index contributed by atoms with van der Waals surface area (Å²) in [5.74, 6) is -0.327. The molecule has 0 aliphatic carbocycles. The summed E-state index contributed by atoms with van der Waals surface area (Å²) in [6, 6.07) is 14.1. The van der Waals surface area contributed by atoms with Gasteiger partial charge >= 0.3 is 0 Å². The van der Waals surface area contributed by atoms with Crippen LogP contribution < -0.4 is 9.64 Å². The Morgan fingerprint density at radius 3 is 2.49 bits per heavy atom. The quantitative estimate of drug-likeness (QED) is 0.306. The van der Waals surface area contributed by atoms with E-state index in [4.69, 9.17) is 37.4 Å². The minimum absolute atomic E-state index is 0.288. The molecule has 4 aromatic rings. The van der Waals surface area contributed by atoms with Gasteiger partial charge in [-0.05, 0) is 50.2 Å². The monoisotopic (exact) mass is 599 g/mol. The van der Waals surface area contributed by atoms with E-state index < -0.39 is 5.79 Å². The Morgan fingerprint density at radius 2 is 1.88 bits per heavy atom. The van der Waals surface area contributed by atoms with Crippen LogP contribution in [-0.4, -0.2) is 81.2 Å². The zero-order chi connectivity index (χ0) is 28.7. The molecule has 0 unspecified atom stereocenters. The highest BCUT2D eigenvalue weighted by Gasteiger charge is 2.45. The number of nitrogens with one attached hydrogen (secondary N) is 1. The molecule has 2 aliphatic heterocycles. The van der Waals surface area contributed by atoms with Crippen molar-refractivity contribution in [3.05, 3.63) is 89.4 Å². The van der Waals surface area contributed by atoms with Gasteiger partial charge in [0.05, 0.1) is 18.0 Å². The number of ether oxygens (including phenoxy) is 3. The number of piperazine rings is 1. The van der Waals surface area contributed by atoms with Crippen molar-refractivity contribution in [3.63, 3.8) is 0 Å². The summed E-state index contributed by atoms with van der Waals surface area (Å²) in [6.45, 7) is 9.74. The van der Waals surface area contributed by atoms with Gasteiger partial charge in [-0.1, -0.05) is 29.3 Å². The molecule has 10 nitrogen and oxygen atoms in total. The Labute approximate surface area is 250 Å². The fourth-order valence-corrected chi connectivity index (χ4v) is 5.49. The molecule has 2 atom stereocenters. The topological polar surface area (TPSA) is 93.6 Å². The second-order valence-electron chi connectivity index (χ2n) is 10.2. The van der Waals surface area contributed by atoms with E-state index in [0.29, 0.717) is 41.4 Å². The van der Waals surface area contributed by atoms with Gasteiger partial charge in [0, 0.05) is 60.9 Å². The van der Waals surface area contributed by atoms with E-state index in [1.165, 1.54) is 12.0 Å². The van der Waals surface area contributed by atoms with Crippen molar-refractivity contribution < 1.29 is 14.2 Å². The Kier molecular flexibility index (Phi) is 9.79. The van der Waals surface area contributed by atoms with Gasteiger partial charge in [0.1, 0.15) is 37.7 Å². The lowest BCUT2D eigenvalue weighted by atomic mass is 10.1. The summed E-state index contributed by atoms with van der Waals surface area (Å²) < 4.78 is 20.4. The summed E-state index contributed by atoms with van der Waals surface area (Å²) in [7, 11) is 0. The van der Waals surface area contributed by atoms with Crippen molar-refractivity contribution in [1.29, 1.82) is 0 Å². The van der Waals surface area contributed by atoms with Crippen LogP contribution in [0.25, 0.3) is 0 Å². The van der Waals surface area contributed by atoms with Crippen molar-refractivity contribution in [3.8, 4) is 5.75 Å². The second kappa shape index (κ2) is 13.7. The molecule has 0 spiro atoms. The molecule has 2 aromatic heterocycles. The molecule has 2 fully saturated rings. The van der Waals surface area contributed by atoms with Crippen LogP contribution >= 0.6 is 23.2 Å². The molecule has 12 heteroatoms. The predicted molar refractivity (Wildman–Crippen MR) is 158 cm³/mol. The minimum atomic E-state index is -1.12. The summed E-state index contributed by atoms with van der Waals surface area (Å²) in [6.07, 6.45) is 7.89. The fourth-order valence-electron chi connectivity index (χ4n) is 4.94. The van der Waals surface area contributed by atoms with Crippen molar-refractivity contribution in [1.82, 2.24) is 29.6 Å². The number of nitrogens with zero attached hydrogens (tertiary/aromatic N) is 6. The molecule has 2 aromatic carbocycles. The van der Waals surface area contributed by atoms with Crippen molar-refractivity contribution in [2.75, 3.05) is 44.3 Å². The van der Waals surface area contributed by atoms with Gasteiger partial charge < -0.3 is 24.1 Å². The highest BCUT2D eigenvalue weighted by atomic mass is 35.5. The first-order valence-corrected chi connectivity index (χ1v) is 14.4. The number of aromatic nitrogens is 5. The zero-order valence-electron chi connectivity index (χ0n) is 23.2. The van der Waals surface area contributed by atoms with Gasteiger partial charge in [-0.2, -0.15) is 5.10 Å². The van der Waals surface area contributed by atoms with Crippen LogP contribution in [0.2, 0.25) is 10.0 Å². The molecule has 218 valence electrons. The number of H-pyrrole nitrogens is 1. The smallest absolute Gasteiger partial charge is 0.217 e. The van der Waals surface area contributed by atoms with Crippen LogP contribution in [0.15, 0.2) is 73.8 Å². The van der Waals surface area contributed by atoms with Crippen LogP contribution in [0, 0.1) is 0 Å². The van der Waals surface area contributed by atoms with Gasteiger partial charge in [0.2, 0.25) is 5.79 Å². The minimum Gasteiger partial charge on any atom is -0.491 e. The van der Waals surface area contributed by atoms with Crippen LogP contribution in [0.3, 0.4) is 0 Å². The summed E-state index contributed by atoms with van der Waals surface area (Å²) >= 11 is 12.7. The average molecular weight is 601 g/mol. The number of aromatic amines is 1. The SMILES string of the molecule is CC(C)N1CCN(c2ccc(OC[C@H]3CO[C@](Cn4cncn4)(c4ccc(Cl)cc4Cl)O3)cc2)CC1.c1c[nH]cn1. The normalized spacial score (nSPS) is 21.1. The molecular weight excluding hydrogens is 565 g/mol. The lowest BCUT2D eigenvalue weighted by molar-refractivity contribution is -0.190. The largest absolute Gasteiger partial charge is 0.491 e. The lowest BCUT2D eigenvalue weighted by Gasteiger charge is -2.38. The fraction of sp³-hybridized carbons (Fsp3) is 0.414. The van der Waals surface area contributed by atoms with Crippen LogP contribution in [0.4, 0.5) is 5.69 Å². The summed E-state index contributed by atoms with van der Waals surface area (Å²) in [5.41, 5.74) is 1.91. The van der Waals surface area contributed by atoms with Gasteiger partial charge in [-0.15, -0.1) is 0 Å². The van der Waals surface area contributed by atoms with Crippen molar-refractivity contribution in [2.24, 2.45) is 0 Å². The molecule has 2 aliphatic rings. The van der Waals surface area contributed by atoms with E-state index in [0.717, 1.165) is 31.9 Å². The number of hydrogen-bond donors (Lipinski definition) is 1. The van der Waals surface area contributed by atoms with Crippen molar-refractivity contribution >= 4 is 28.9 Å². The van der Waals surface area contributed by atoms with Crippen LogP contribution in [0.5, 0.6) is 5.75 Å². The molecule has 0 saturated carbocycles. The highest BCUT2D eigenvalue weighted by molar-refractivity contribution is 6.35. The summed E-state index contributed by atoms with van der Waals surface area (Å²) in [4.78, 5) is 15.4. The molecule has 41 heavy (non-hydrogen) atoms. The molecule has 1 N–H and O–H groups in total. The van der Waals surface area contributed by atoms with E-state index in [9.17, 15) is 0 Å². The number of rotatable bonds is 8. The first-order valence-electron chi connectivity index (χ1n) is 13.7. The zero-order valence-corrected chi connectivity index (χ0v) is 24.7. The molecule has 0 bridgehead atoms. The molecule has 0 amide bonds. The Bertz CT molecular complexity index is 1310. The maximum absolute atomic E-state index is 6.53. The van der Waals surface area contributed by atoms with Gasteiger partial charge in [0.15, 0.2) is 0 Å². The third kappa shape index (κ3) is 7.58. The maximum atomic E-state index is 6.53. The Balaban J connectivity index is 0.000000610. The number of hydrogen-bond acceptors (Lipinski definition) is 8. The Morgan fingerprint density at radius 1 is 1.07 bits per heavy atom. The number of halogens is 2. The third-order valence-electron chi connectivity index (χ3n) is 7.13. The Hall–Kier alpha value is -3.15. The van der Waals surface area contributed by atoms with Crippen LogP contribution in [0.1, 0.15) is 19.4 Å². The van der Waals surface area contributed by atoms with Gasteiger partial charge in [0.25, 0.3) is 0 Å². The second-order valence-corrected chi connectivity index (χ2v) is 11.0. The number of benzene rings is 2. The van der Waals surface area contributed by atoms with E-state index in [1.807, 2.05) is 18.2 Å². The first-order chi connectivity index (χ1) is 19.9. The molecule has 0 radical (unpaired) electrons. The summed E-state index contributed by atoms with van der Waals surface area (Å²) in [5, 5.41) is 5.22. The first kappa shape index (κ1) is 29.3. The van der Waals surface area contributed by atoms with E-state index in [1.54, 1.807) is 41.9 Å². The highest BCUT2D eigenvalue weighted by Crippen LogP contribution is 2.40. The average Bonchev–Trinajstić information content (AvgIpc) is 3.78. The van der Waals surface area contributed by atoms with Gasteiger partial charge in [-0.25, -0.2) is 14.6 Å². The van der Waals surface area contributed by atoms with E-state index in [-0.39, 0.29) is 6.10 Å². The molecule has 6 rings (SSSR count). The van der Waals surface area contributed by atoms with Crippen LogP contribution in [-0.2, 0) is 21.8 Å². The number of anilines is 1. The molecule has 4 heterocycles. The number of imidazole rings is 1. The van der Waals surface area contributed by atoms with Gasteiger partial charge in [-0.3, -0.25) is 4.90 Å². The molecular formula is C29H35Cl2N7O3. The standard InChI is InChI=1S/C26H31Cl2N5O3.C3H4N2/c1-19(2)31-9-11-32(12-10-31)21-4-6-22(7-5-21)34-14-23-15-35-26(36-23,16-33-18-29-17-30-33)24-8-3-20(27)13-25(24)28;1-2-5-3-4-1/h3-8,13,17-19,23H,9-12,14-16H2,1-2H3;1-3H,(H,4,5)/t23-,26-;/m0./s1. The van der Waals surface area contributed by atoms with E-state index in [2.05, 4.69) is 55.8 Å². The molecule has 2 saturated heterocycles. The van der Waals surface area contributed by atoms with Crippen molar-refractivity contribution in [2.45, 2.75) is 38.3 Å². The van der Waals surface area contributed by atoms with E-state index >= 15 is 0 Å². The maximum Gasteiger partial charge on any atom is 0.217 e.